The van der Waals surface area contributed by atoms with Gasteiger partial charge in [-0.05, 0) is 34.4 Å². The highest BCUT2D eigenvalue weighted by atomic mass is 32.2. The summed E-state index contributed by atoms with van der Waals surface area (Å²) in [6.07, 6.45) is 1.21. The fraction of sp³-hybridized carbons (Fsp3) is 0.227. The maximum absolute atomic E-state index is 13.5. The van der Waals surface area contributed by atoms with E-state index in [0.717, 1.165) is 12.2 Å². The molecular formula is C22H22FNOS. The van der Waals surface area contributed by atoms with Crippen molar-refractivity contribution in [1.29, 1.82) is 0 Å². The molecule has 3 rings (SSSR count). The predicted octanol–water partition coefficient (Wildman–Crippen LogP) is 4.96. The average Bonchev–Trinajstić information content (AvgIpc) is 2.67. The van der Waals surface area contributed by atoms with Crippen LogP contribution in [0.1, 0.15) is 17.5 Å². The maximum atomic E-state index is 13.5. The summed E-state index contributed by atoms with van der Waals surface area (Å²) >= 11 is 1.62. The number of nitrogens with one attached hydrogen (secondary N) is 1. The minimum absolute atomic E-state index is 0.0597. The van der Waals surface area contributed by atoms with Crippen LogP contribution in [0.15, 0.2) is 66.7 Å². The zero-order chi connectivity index (χ0) is 18.2. The number of hydrogen-bond acceptors (Lipinski definition) is 2. The van der Waals surface area contributed by atoms with E-state index in [1.807, 2.05) is 24.3 Å². The predicted molar refractivity (Wildman–Crippen MR) is 108 cm³/mol. The summed E-state index contributed by atoms with van der Waals surface area (Å²) in [7, 11) is 0. The minimum Gasteiger partial charge on any atom is -0.355 e. The Morgan fingerprint density at radius 3 is 2.54 bits per heavy atom. The van der Waals surface area contributed by atoms with E-state index >= 15 is 0 Å². The van der Waals surface area contributed by atoms with Crippen LogP contribution in [0, 0.1) is 5.82 Å². The van der Waals surface area contributed by atoms with E-state index in [1.54, 1.807) is 23.9 Å². The lowest BCUT2D eigenvalue weighted by Crippen LogP contribution is -2.26. The standard InChI is InChI=1S/C22H22FNOS/c23-21-11-4-2-7-19(21)16-26-15-14-24-22(25)13-12-18-9-5-8-17-6-1-3-10-20(17)18/h1-11H,12-16H2,(H,24,25). The fourth-order valence-electron chi connectivity index (χ4n) is 2.91. The number of fused-ring (bicyclic) bond motifs is 1. The summed E-state index contributed by atoms with van der Waals surface area (Å²) in [4.78, 5) is 12.1. The van der Waals surface area contributed by atoms with Crippen molar-refractivity contribution in [3.05, 3.63) is 83.7 Å². The molecule has 0 aromatic heterocycles. The molecule has 0 spiro atoms. The molecule has 0 unspecified atom stereocenters. The van der Waals surface area contributed by atoms with Crippen molar-refractivity contribution in [2.24, 2.45) is 0 Å². The van der Waals surface area contributed by atoms with Crippen molar-refractivity contribution in [2.45, 2.75) is 18.6 Å². The second-order valence-electron chi connectivity index (χ2n) is 6.13. The lowest BCUT2D eigenvalue weighted by atomic mass is 10.0. The van der Waals surface area contributed by atoms with E-state index in [9.17, 15) is 9.18 Å². The van der Waals surface area contributed by atoms with Crippen LogP contribution >= 0.6 is 11.8 Å². The summed E-state index contributed by atoms with van der Waals surface area (Å²) in [6.45, 7) is 0.605. The van der Waals surface area contributed by atoms with Gasteiger partial charge in [-0.25, -0.2) is 4.39 Å². The molecule has 0 atom stereocenters. The third-order valence-corrected chi connectivity index (χ3v) is 5.29. The van der Waals surface area contributed by atoms with Crippen LogP contribution in [-0.4, -0.2) is 18.2 Å². The van der Waals surface area contributed by atoms with Crippen molar-refractivity contribution in [1.82, 2.24) is 5.32 Å². The van der Waals surface area contributed by atoms with Gasteiger partial charge >= 0.3 is 0 Å². The Bertz CT molecular complexity index is 875. The van der Waals surface area contributed by atoms with Crippen LogP contribution < -0.4 is 5.32 Å². The van der Waals surface area contributed by atoms with Gasteiger partial charge in [-0.1, -0.05) is 60.7 Å². The number of aryl methyl sites for hydroxylation is 1. The Labute approximate surface area is 157 Å². The van der Waals surface area contributed by atoms with Gasteiger partial charge in [0.1, 0.15) is 5.82 Å². The van der Waals surface area contributed by atoms with Crippen LogP contribution in [-0.2, 0) is 17.0 Å². The molecule has 134 valence electrons. The summed E-state index contributed by atoms with van der Waals surface area (Å²) in [6, 6.07) is 21.3. The van der Waals surface area contributed by atoms with Gasteiger partial charge in [0.2, 0.25) is 5.91 Å². The average molecular weight is 367 g/mol. The third-order valence-electron chi connectivity index (χ3n) is 4.29. The number of halogens is 1. The fourth-order valence-corrected chi connectivity index (χ4v) is 3.75. The van der Waals surface area contributed by atoms with Crippen molar-refractivity contribution < 1.29 is 9.18 Å². The molecule has 26 heavy (non-hydrogen) atoms. The van der Waals surface area contributed by atoms with Crippen molar-refractivity contribution in [2.75, 3.05) is 12.3 Å². The van der Waals surface area contributed by atoms with Gasteiger partial charge in [-0.3, -0.25) is 4.79 Å². The molecular weight excluding hydrogens is 345 g/mol. The third kappa shape index (κ3) is 5.09. The SMILES string of the molecule is O=C(CCc1cccc2ccccc12)NCCSCc1ccccc1F. The van der Waals surface area contributed by atoms with E-state index in [-0.39, 0.29) is 11.7 Å². The first-order valence-electron chi connectivity index (χ1n) is 8.78. The zero-order valence-corrected chi connectivity index (χ0v) is 15.4. The monoisotopic (exact) mass is 367 g/mol. The molecule has 0 aliphatic carbocycles. The van der Waals surface area contributed by atoms with Gasteiger partial charge in [0.05, 0.1) is 0 Å². The zero-order valence-electron chi connectivity index (χ0n) is 14.6. The van der Waals surface area contributed by atoms with E-state index < -0.39 is 0 Å². The number of rotatable bonds is 8. The van der Waals surface area contributed by atoms with Gasteiger partial charge < -0.3 is 5.32 Å². The van der Waals surface area contributed by atoms with Gasteiger partial charge in [-0.2, -0.15) is 11.8 Å². The summed E-state index contributed by atoms with van der Waals surface area (Å²) in [5, 5.41) is 5.36. The van der Waals surface area contributed by atoms with Crippen molar-refractivity contribution in [3.8, 4) is 0 Å². The highest BCUT2D eigenvalue weighted by Crippen LogP contribution is 2.19. The smallest absolute Gasteiger partial charge is 0.220 e. The molecule has 2 nitrogen and oxygen atoms in total. The van der Waals surface area contributed by atoms with Crippen LogP contribution in [0.2, 0.25) is 0 Å². The highest BCUT2D eigenvalue weighted by molar-refractivity contribution is 7.98. The van der Waals surface area contributed by atoms with Crippen LogP contribution in [0.5, 0.6) is 0 Å². The van der Waals surface area contributed by atoms with Crippen LogP contribution in [0.3, 0.4) is 0 Å². The van der Waals surface area contributed by atoms with Crippen LogP contribution in [0.4, 0.5) is 4.39 Å². The molecule has 4 heteroatoms. The topological polar surface area (TPSA) is 29.1 Å². The second kappa shape index (κ2) is 9.39. The van der Waals surface area contributed by atoms with Crippen molar-refractivity contribution in [3.63, 3.8) is 0 Å². The number of carbonyl (C=O) groups is 1. The molecule has 3 aromatic rings. The number of hydrogen-bond donors (Lipinski definition) is 1. The molecule has 0 aliphatic heterocycles. The maximum Gasteiger partial charge on any atom is 0.220 e. The lowest BCUT2D eigenvalue weighted by Gasteiger charge is -2.08. The Balaban J connectivity index is 1.38. The van der Waals surface area contributed by atoms with Gasteiger partial charge in [0.25, 0.3) is 0 Å². The largest absolute Gasteiger partial charge is 0.355 e. The number of carbonyl (C=O) groups excluding carboxylic acids is 1. The van der Waals surface area contributed by atoms with E-state index in [2.05, 4.69) is 29.6 Å². The second-order valence-corrected chi connectivity index (χ2v) is 7.24. The quantitative estimate of drug-likeness (QED) is 0.570. The van der Waals surface area contributed by atoms with E-state index in [0.29, 0.717) is 24.3 Å². The summed E-state index contributed by atoms with van der Waals surface area (Å²) < 4.78 is 13.5. The molecule has 0 saturated heterocycles. The molecule has 0 fully saturated rings. The van der Waals surface area contributed by atoms with E-state index in [1.165, 1.54) is 22.4 Å². The first kappa shape index (κ1) is 18.5. The molecule has 0 radical (unpaired) electrons. The Morgan fingerprint density at radius 1 is 0.923 bits per heavy atom. The Hall–Kier alpha value is -2.33. The normalized spacial score (nSPS) is 10.8. The molecule has 0 heterocycles. The van der Waals surface area contributed by atoms with Gasteiger partial charge in [0, 0.05) is 24.5 Å². The number of amides is 1. The summed E-state index contributed by atoms with van der Waals surface area (Å²) in [5.41, 5.74) is 1.91. The Morgan fingerprint density at radius 2 is 1.65 bits per heavy atom. The molecule has 1 amide bonds. The van der Waals surface area contributed by atoms with Gasteiger partial charge in [-0.15, -0.1) is 0 Å². The molecule has 0 bridgehead atoms. The molecule has 3 aromatic carbocycles. The number of benzene rings is 3. The number of thioether (sulfide) groups is 1. The molecule has 1 N–H and O–H groups in total. The first-order chi connectivity index (χ1) is 12.7. The lowest BCUT2D eigenvalue weighted by molar-refractivity contribution is -0.120. The Kier molecular flexibility index (Phi) is 6.67. The minimum atomic E-state index is -0.167. The van der Waals surface area contributed by atoms with Crippen LogP contribution in [0.25, 0.3) is 10.8 Å². The summed E-state index contributed by atoms with van der Waals surface area (Å²) in [5.74, 6) is 1.29. The highest BCUT2D eigenvalue weighted by Gasteiger charge is 2.05. The molecule has 0 saturated carbocycles. The molecule has 0 aliphatic rings. The van der Waals surface area contributed by atoms with Crippen molar-refractivity contribution >= 4 is 28.4 Å². The van der Waals surface area contributed by atoms with E-state index in [4.69, 9.17) is 0 Å². The van der Waals surface area contributed by atoms with Gasteiger partial charge in [0.15, 0.2) is 0 Å². The first-order valence-corrected chi connectivity index (χ1v) is 9.94.